The number of phosphoric ester groups is 1. The number of hydrogen-bond donors (Lipinski definition) is 2. The third-order valence-electron chi connectivity index (χ3n) is 6.34. The first-order chi connectivity index (χ1) is 19.1. The Balaban J connectivity index is 1.62. The second-order valence-electron chi connectivity index (χ2n) is 9.58. The molecule has 41 heavy (non-hydrogen) atoms. The Hall–Kier alpha value is -3.55. The number of aromatic nitrogens is 2. The van der Waals surface area contributed by atoms with Gasteiger partial charge in [-0.25, -0.2) is 22.1 Å². The van der Waals surface area contributed by atoms with Crippen molar-refractivity contribution in [2.75, 3.05) is 6.54 Å². The van der Waals surface area contributed by atoms with Crippen molar-refractivity contribution in [2.24, 2.45) is 0 Å². The summed E-state index contributed by atoms with van der Waals surface area (Å²) in [6.07, 6.45) is 2.19. The quantitative estimate of drug-likeness (QED) is 0.134. The first-order valence-electron chi connectivity index (χ1n) is 12.2. The SMILES string of the molecule is Cc1c[n+](-c2ccc(C=C3O[C@@H](C)CN([C@H](c4cc(F)c(F)c(F)c4)[C@@H](C)O)C3=O)cc2F)cn1COP(=O)([O-])O. The molecule has 3 aromatic rings. The first-order valence-corrected chi connectivity index (χ1v) is 13.7. The Morgan fingerprint density at radius 2 is 1.88 bits per heavy atom. The minimum Gasteiger partial charge on any atom is -0.756 e. The Morgan fingerprint density at radius 1 is 1.22 bits per heavy atom. The fourth-order valence-electron chi connectivity index (χ4n) is 4.53. The van der Waals surface area contributed by atoms with Gasteiger partial charge in [0.25, 0.3) is 20.1 Å². The number of morpholine rings is 1. The van der Waals surface area contributed by atoms with Crippen LogP contribution < -0.4 is 9.46 Å². The summed E-state index contributed by atoms with van der Waals surface area (Å²) in [5.74, 6) is -6.30. The summed E-state index contributed by atoms with van der Waals surface area (Å²) in [6, 6.07) is 4.18. The van der Waals surface area contributed by atoms with Gasteiger partial charge in [-0.2, -0.15) is 4.57 Å². The maximum atomic E-state index is 15.1. The normalized spacial score (nSPS) is 19.7. The van der Waals surface area contributed by atoms with E-state index in [2.05, 4.69) is 4.52 Å². The van der Waals surface area contributed by atoms with Gasteiger partial charge in [0.15, 0.2) is 41.4 Å². The van der Waals surface area contributed by atoms with Crippen molar-refractivity contribution in [1.29, 1.82) is 0 Å². The van der Waals surface area contributed by atoms with Crippen LogP contribution in [-0.4, -0.2) is 44.1 Å². The summed E-state index contributed by atoms with van der Waals surface area (Å²) < 4.78 is 80.2. The predicted molar refractivity (Wildman–Crippen MR) is 133 cm³/mol. The number of halogens is 4. The average molecular weight is 599 g/mol. The lowest BCUT2D eigenvalue weighted by Gasteiger charge is -2.39. The Morgan fingerprint density at radius 3 is 2.46 bits per heavy atom. The third-order valence-corrected chi connectivity index (χ3v) is 6.79. The number of imidazole rings is 1. The predicted octanol–water partition coefficient (Wildman–Crippen LogP) is 2.77. The highest BCUT2D eigenvalue weighted by Gasteiger charge is 2.37. The number of carbonyl (C=O) groups is 1. The molecule has 2 heterocycles. The van der Waals surface area contributed by atoms with Crippen molar-refractivity contribution in [1.82, 2.24) is 9.47 Å². The van der Waals surface area contributed by atoms with Crippen molar-refractivity contribution >= 4 is 19.8 Å². The molecule has 1 amide bonds. The number of nitrogens with zero attached hydrogens (tertiary/aromatic N) is 3. The molecule has 0 radical (unpaired) electrons. The molecule has 15 heteroatoms. The number of aliphatic hydroxyl groups is 1. The maximum absolute atomic E-state index is 15.1. The van der Waals surface area contributed by atoms with E-state index < -0.39 is 62.0 Å². The second kappa shape index (κ2) is 11.7. The molecule has 1 aromatic heterocycles. The first kappa shape index (κ1) is 30.4. The van der Waals surface area contributed by atoms with Gasteiger partial charge < -0.3 is 24.5 Å². The van der Waals surface area contributed by atoms with Gasteiger partial charge in [-0.05, 0) is 55.3 Å². The lowest BCUT2D eigenvalue weighted by Crippen LogP contribution is -2.48. The smallest absolute Gasteiger partial charge is 0.289 e. The summed E-state index contributed by atoms with van der Waals surface area (Å²) in [7, 11) is -4.96. The highest BCUT2D eigenvalue weighted by Crippen LogP contribution is 2.33. The number of phosphoric acid groups is 1. The molecule has 1 aliphatic rings. The highest BCUT2D eigenvalue weighted by atomic mass is 31.2. The molecule has 1 fully saturated rings. The Bertz CT molecular complexity index is 1530. The third kappa shape index (κ3) is 6.85. The van der Waals surface area contributed by atoms with Crippen molar-refractivity contribution < 1.29 is 55.6 Å². The van der Waals surface area contributed by atoms with Crippen LogP contribution in [0.5, 0.6) is 0 Å². The number of ether oxygens (including phenoxy) is 1. The molecule has 0 spiro atoms. The largest absolute Gasteiger partial charge is 0.756 e. The number of carbonyl (C=O) groups excluding carboxylic acids is 1. The molecule has 10 nitrogen and oxygen atoms in total. The van der Waals surface area contributed by atoms with Crippen LogP contribution in [0.25, 0.3) is 11.8 Å². The highest BCUT2D eigenvalue weighted by molar-refractivity contribution is 7.44. The molecule has 2 N–H and O–H groups in total. The van der Waals surface area contributed by atoms with Crippen molar-refractivity contribution in [3.05, 3.63) is 88.7 Å². The maximum Gasteiger partial charge on any atom is 0.289 e. The van der Waals surface area contributed by atoms with Gasteiger partial charge in [0.1, 0.15) is 18.0 Å². The molecule has 1 unspecified atom stereocenters. The lowest BCUT2D eigenvalue weighted by molar-refractivity contribution is -0.597. The fourth-order valence-corrected chi connectivity index (χ4v) is 4.80. The van der Waals surface area contributed by atoms with E-state index >= 15 is 4.39 Å². The molecular weight excluding hydrogens is 573 g/mol. The number of amides is 1. The zero-order valence-corrected chi connectivity index (χ0v) is 22.9. The molecule has 4 atom stereocenters. The van der Waals surface area contributed by atoms with Gasteiger partial charge in [0.05, 0.1) is 18.7 Å². The molecular formula is C26H26F4N3O7P. The zero-order chi connectivity index (χ0) is 30.2. The molecule has 2 aromatic carbocycles. The van der Waals surface area contributed by atoms with Gasteiger partial charge >= 0.3 is 0 Å². The molecule has 1 aliphatic heterocycles. The van der Waals surface area contributed by atoms with Crippen LogP contribution in [0, 0.1) is 30.2 Å². The van der Waals surface area contributed by atoms with Crippen molar-refractivity contribution in [3.8, 4) is 5.69 Å². The number of aryl methyl sites for hydroxylation is 1. The number of rotatable bonds is 8. The minimum absolute atomic E-state index is 0.0611. The van der Waals surface area contributed by atoms with Crippen molar-refractivity contribution in [3.63, 3.8) is 0 Å². The number of hydrogen-bond acceptors (Lipinski definition) is 6. The molecule has 0 aliphatic carbocycles. The van der Waals surface area contributed by atoms with E-state index in [1.807, 2.05) is 0 Å². The van der Waals surface area contributed by atoms with E-state index in [0.717, 1.165) is 11.0 Å². The minimum atomic E-state index is -4.96. The van der Waals surface area contributed by atoms with Crippen LogP contribution in [-0.2, 0) is 25.4 Å². The summed E-state index contributed by atoms with van der Waals surface area (Å²) >= 11 is 0. The fraction of sp³-hybridized carbons (Fsp3) is 0.308. The molecule has 1 saturated heterocycles. The summed E-state index contributed by atoms with van der Waals surface area (Å²) in [5.41, 5.74) is 0.635. The van der Waals surface area contributed by atoms with Gasteiger partial charge in [0, 0.05) is 6.92 Å². The van der Waals surface area contributed by atoms with E-state index in [0.29, 0.717) is 17.8 Å². The second-order valence-corrected chi connectivity index (χ2v) is 10.8. The summed E-state index contributed by atoms with van der Waals surface area (Å²) in [6.45, 7) is 3.96. The van der Waals surface area contributed by atoms with Gasteiger partial charge in [0.2, 0.25) is 0 Å². The molecule has 220 valence electrons. The van der Waals surface area contributed by atoms with E-state index in [9.17, 15) is 32.5 Å². The number of aliphatic hydroxyl groups excluding tert-OH is 1. The number of benzene rings is 2. The van der Waals surface area contributed by atoms with E-state index in [-0.39, 0.29) is 29.1 Å². The summed E-state index contributed by atoms with van der Waals surface area (Å²) in [4.78, 5) is 34.2. The van der Waals surface area contributed by atoms with Gasteiger partial charge in [-0.1, -0.05) is 6.07 Å². The summed E-state index contributed by atoms with van der Waals surface area (Å²) in [5, 5.41) is 10.4. The molecule has 4 rings (SSSR count). The zero-order valence-electron chi connectivity index (χ0n) is 22.0. The molecule has 0 saturated carbocycles. The lowest BCUT2D eigenvalue weighted by atomic mass is 9.98. The topological polar surface area (TPSA) is 128 Å². The van der Waals surface area contributed by atoms with Crippen LogP contribution in [0.3, 0.4) is 0 Å². The monoisotopic (exact) mass is 599 g/mol. The van der Waals surface area contributed by atoms with E-state index in [1.54, 1.807) is 13.8 Å². The van der Waals surface area contributed by atoms with Crippen LogP contribution in [0.2, 0.25) is 0 Å². The van der Waals surface area contributed by atoms with E-state index in [1.165, 1.54) is 46.8 Å². The van der Waals surface area contributed by atoms with Crippen LogP contribution in [0.15, 0.2) is 48.6 Å². The van der Waals surface area contributed by atoms with Gasteiger partial charge in [-0.3, -0.25) is 13.9 Å². The van der Waals surface area contributed by atoms with Gasteiger partial charge in [-0.15, -0.1) is 0 Å². The Kier molecular flexibility index (Phi) is 8.71. The van der Waals surface area contributed by atoms with Crippen LogP contribution in [0.1, 0.15) is 36.7 Å². The molecule has 0 bridgehead atoms. The van der Waals surface area contributed by atoms with Crippen LogP contribution >= 0.6 is 7.82 Å². The average Bonchev–Trinajstić information content (AvgIpc) is 3.23. The van der Waals surface area contributed by atoms with Crippen molar-refractivity contribution in [2.45, 2.75) is 45.8 Å². The standard InChI is InChI=1S/C26H26F4N3O7P/c1-14-10-31(12-32(14)13-39-41(36,37)38)22-5-4-17(6-19(22)27)7-23-26(35)33(11-15(2)40-23)25(16(3)34)18-8-20(28)24(30)21(29)9-18/h4-10,12,15-16,25,34H,11,13H2,1-3H3,(H-,36,37,38)/t15-,16+,25-/m0/s1. The van der Waals surface area contributed by atoms with E-state index in [4.69, 9.17) is 9.63 Å². The Labute approximate surface area is 231 Å². The van der Waals surface area contributed by atoms with Crippen LogP contribution in [0.4, 0.5) is 17.6 Å².